The van der Waals surface area contributed by atoms with Crippen molar-refractivity contribution in [2.45, 2.75) is 45.7 Å². The van der Waals surface area contributed by atoms with Gasteiger partial charge in [0.1, 0.15) is 6.67 Å². The van der Waals surface area contributed by atoms with Gasteiger partial charge in [-0.3, -0.25) is 4.90 Å². The lowest BCUT2D eigenvalue weighted by molar-refractivity contribution is 0.0340. The van der Waals surface area contributed by atoms with Crippen molar-refractivity contribution in [1.29, 1.82) is 0 Å². The van der Waals surface area contributed by atoms with Crippen LogP contribution in [0.15, 0.2) is 0 Å². The summed E-state index contributed by atoms with van der Waals surface area (Å²) in [5.74, 6) is 0.619. The van der Waals surface area contributed by atoms with E-state index in [1.54, 1.807) is 0 Å². The molecule has 0 aromatic heterocycles. The molecule has 1 aliphatic heterocycles. The third kappa shape index (κ3) is 2.91. The molecule has 2 nitrogen and oxygen atoms in total. The number of hydrogen-bond donors (Lipinski definition) is 1. The van der Waals surface area contributed by atoms with E-state index in [1.165, 1.54) is 0 Å². The lowest BCUT2D eigenvalue weighted by Gasteiger charge is -2.48. The Hall–Kier alpha value is -0.150. The first-order valence-electron chi connectivity index (χ1n) is 6.08. The van der Waals surface area contributed by atoms with Gasteiger partial charge in [-0.2, -0.15) is 0 Å². The minimum absolute atomic E-state index is 0.136. The molecule has 0 bridgehead atoms. The lowest BCUT2D eigenvalue weighted by Crippen LogP contribution is -2.64. The number of nitrogens with zero attached hydrogens (tertiary/aromatic N) is 1. The predicted molar refractivity (Wildman–Crippen MR) is 62.9 cm³/mol. The number of alkyl halides is 1. The summed E-state index contributed by atoms with van der Waals surface area (Å²) < 4.78 is 12.5. The van der Waals surface area contributed by atoms with E-state index in [0.29, 0.717) is 18.5 Å². The SMILES string of the molecule is CCC1(C)CNC(C(C)C)CN1CCF. The first kappa shape index (κ1) is 12.9. The molecule has 0 amide bonds. The van der Waals surface area contributed by atoms with E-state index < -0.39 is 0 Å². The minimum Gasteiger partial charge on any atom is -0.311 e. The van der Waals surface area contributed by atoms with Crippen molar-refractivity contribution < 1.29 is 4.39 Å². The summed E-state index contributed by atoms with van der Waals surface area (Å²) in [6.45, 7) is 11.2. The Morgan fingerprint density at radius 2 is 2.20 bits per heavy atom. The van der Waals surface area contributed by atoms with E-state index in [4.69, 9.17) is 0 Å². The van der Waals surface area contributed by atoms with Crippen LogP contribution in [-0.2, 0) is 0 Å². The topological polar surface area (TPSA) is 15.3 Å². The molecule has 1 heterocycles. The van der Waals surface area contributed by atoms with Gasteiger partial charge in [-0.15, -0.1) is 0 Å². The fraction of sp³-hybridized carbons (Fsp3) is 1.00. The van der Waals surface area contributed by atoms with Gasteiger partial charge in [-0.1, -0.05) is 20.8 Å². The van der Waals surface area contributed by atoms with Gasteiger partial charge >= 0.3 is 0 Å². The predicted octanol–water partition coefficient (Wildman–Crippen LogP) is 2.05. The molecule has 0 spiro atoms. The monoisotopic (exact) mass is 216 g/mol. The average Bonchev–Trinajstić information content (AvgIpc) is 2.21. The summed E-state index contributed by atoms with van der Waals surface area (Å²) in [5, 5.41) is 3.58. The van der Waals surface area contributed by atoms with Crippen LogP contribution in [-0.4, -0.2) is 42.8 Å². The number of halogens is 1. The Bertz CT molecular complexity index is 196. The standard InChI is InChI=1S/C12H25FN2/c1-5-12(4)9-14-11(10(2)3)8-15(12)7-6-13/h10-11,14H,5-9H2,1-4H3. The quantitative estimate of drug-likeness (QED) is 0.774. The highest BCUT2D eigenvalue weighted by atomic mass is 19.1. The maximum Gasteiger partial charge on any atom is 0.102 e. The zero-order valence-electron chi connectivity index (χ0n) is 10.5. The molecule has 2 atom stereocenters. The molecule has 90 valence electrons. The van der Waals surface area contributed by atoms with E-state index in [1.807, 2.05) is 0 Å². The van der Waals surface area contributed by atoms with Gasteiger partial charge in [-0.25, -0.2) is 4.39 Å². The van der Waals surface area contributed by atoms with Crippen molar-refractivity contribution in [2.75, 3.05) is 26.3 Å². The third-order valence-electron chi connectivity index (χ3n) is 3.85. The van der Waals surface area contributed by atoms with Crippen LogP contribution in [0.1, 0.15) is 34.1 Å². The molecule has 2 unspecified atom stereocenters. The van der Waals surface area contributed by atoms with Crippen LogP contribution in [0.3, 0.4) is 0 Å². The molecular formula is C12H25FN2. The van der Waals surface area contributed by atoms with Gasteiger partial charge in [0.25, 0.3) is 0 Å². The Morgan fingerprint density at radius 1 is 1.53 bits per heavy atom. The highest BCUT2D eigenvalue weighted by Gasteiger charge is 2.36. The van der Waals surface area contributed by atoms with Crippen molar-refractivity contribution in [3.05, 3.63) is 0 Å². The fourth-order valence-electron chi connectivity index (χ4n) is 2.24. The van der Waals surface area contributed by atoms with Crippen LogP contribution in [0.25, 0.3) is 0 Å². The molecule has 15 heavy (non-hydrogen) atoms. The Morgan fingerprint density at radius 3 is 2.67 bits per heavy atom. The largest absolute Gasteiger partial charge is 0.311 e. The normalized spacial score (nSPS) is 33.6. The molecule has 1 fully saturated rings. The Kier molecular flexibility index (Phi) is 4.53. The summed E-state index contributed by atoms with van der Waals surface area (Å²) in [6.07, 6.45) is 1.07. The maximum absolute atomic E-state index is 12.5. The zero-order chi connectivity index (χ0) is 11.5. The van der Waals surface area contributed by atoms with Gasteiger partial charge in [0.2, 0.25) is 0 Å². The van der Waals surface area contributed by atoms with Crippen LogP contribution in [0.4, 0.5) is 4.39 Å². The summed E-state index contributed by atoms with van der Waals surface area (Å²) in [6, 6.07) is 0.510. The molecule has 1 aliphatic rings. The first-order chi connectivity index (χ1) is 7.03. The number of rotatable bonds is 4. The Balaban J connectivity index is 2.65. The third-order valence-corrected chi connectivity index (χ3v) is 3.85. The molecule has 1 N–H and O–H groups in total. The van der Waals surface area contributed by atoms with Crippen molar-refractivity contribution in [3.8, 4) is 0 Å². The van der Waals surface area contributed by atoms with Crippen molar-refractivity contribution in [2.24, 2.45) is 5.92 Å². The molecule has 1 saturated heterocycles. The van der Waals surface area contributed by atoms with E-state index in [9.17, 15) is 4.39 Å². The van der Waals surface area contributed by atoms with Gasteiger partial charge in [0.05, 0.1) is 0 Å². The van der Waals surface area contributed by atoms with Gasteiger partial charge in [-0.05, 0) is 19.3 Å². The van der Waals surface area contributed by atoms with Crippen molar-refractivity contribution in [1.82, 2.24) is 10.2 Å². The van der Waals surface area contributed by atoms with Gasteiger partial charge in [0, 0.05) is 31.2 Å². The molecule has 3 heteroatoms. The lowest BCUT2D eigenvalue weighted by atomic mass is 9.89. The van der Waals surface area contributed by atoms with Crippen LogP contribution in [0, 0.1) is 5.92 Å². The molecule has 0 aromatic carbocycles. The van der Waals surface area contributed by atoms with E-state index in [0.717, 1.165) is 19.5 Å². The van der Waals surface area contributed by atoms with E-state index in [-0.39, 0.29) is 12.2 Å². The van der Waals surface area contributed by atoms with E-state index >= 15 is 0 Å². The second kappa shape index (κ2) is 5.26. The molecule has 0 radical (unpaired) electrons. The molecule has 1 rings (SSSR count). The Labute approximate surface area is 93.2 Å². The smallest absolute Gasteiger partial charge is 0.102 e. The van der Waals surface area contributed by atoms with Crippen molar-refractivity contribution in [3.63, 3.8) is 0 Å². The van der Waals surface area contributed by atoms with Crippen LogP contribution in [0.2, 0.25) is 0 Å². The summed E-state index contributed by atoms with van der Waals surface area (Å²) in [5.41, 5.74) is 0.136. The summed E-state index contributed by atoms with van der Waals surface area (Å²) in [4.78, 5) is 2.31. The number of hydrogen-bond acceptors (Lipinski definition) is 2. The molecular weight excluding hydrogens is 191 g/mol. The van der Waals surface area contributed by atoms with Crippen LogP contribution < -0.4 is 5.32 Å². The zero-order valence-corrected chi connectivity index (χ0v) is 10.5. The van der Waals surface area contributed by atoms with Crippen LogP contribution >= 0.6 is 0 Å². The highest BCUT2D eigenvalue weighted by Crippen LogP contribution is 2.24. The van der Waals surface area contributed by atoms with E-state index in [2.05, 4.69) is 37.9 Å². The summed E-state index contributed by atoms with van der Waals surface area (Å²) >= 11 is 0. The highest BCUT2D eigenvalue weighted by molar-refractivity contribution is 4.95. The van der Waals surface area contributed by atoms with Gasteiger partial charge in [0.15, 0.2) is 0 Å². The van der Waals surface area contributed by atoms with Crippen molar-refractivity contribution >= 4 is 0 Å². The average molecular weight is 216 g/mol. The second-order valence-electron chi connectivity index (χ2n) is 5.22. The summed E-state index contributed by atoms with van der Waals surface area (Å²) in [7, 11) is 0. The van der Waals surface area contributed by atoms with Gasteiger partial charge < -0.3 is 5.32 Å². The second-order valence-corrected chi connectivity index (χ2v) is 5.22. The first-order valence-corrected chi connectivity index (χ1v) is 6.08. The fourth-order valence-corrected chi connectivity index (χ4v) is 2.24. The maximum atomic E-state index is 12.5. The van der Waals surface area contributed by atoms with Crippen LogP contribution in [0.5, 0.6) is 0 Å². The number of piperazine rings is 1. The molecule has 0 aromatic rings. The number of nitrogens with one attached hydrogen (secondary N) is 1. The molecule has 0 aliphatic carbocycles. The minimum atomic E-state index is -0.236. The molecule has 0 saturated carbocycles.